The van der Waals surface area contributed by atoms with Crippen LogP contribution in [0.25, 0.3) is 17.0 Å². The van der Waals surface area contributed by atoms with Gasteiger partial charge in [0.1, 0.15) is 0 Å². The van der Waals surface area contributed by atoms with Gasteiger partial charge in [-0.3, -0.25) is 14.2 Å². The summed E-state index contributed by atoms with van der Waals surface area (Å²) in [5, 5.41) is 0.873. The van der Waals surface area contributed by atoms with Gasteiger partial charge in [0.25, 0.3) is 5.91 Å². The van der Waals surface area contributed by atoms with Crippen LogP contribution in [0.1, 0.15) is 31.8 Å². The summed E-state index contributed by atoms with van der Waals surface area (Å²) in [7, 11) is 4.51. The maximum Gasteiger partial charge on any atom is 0.262 e. The van der Waals surface area contributed by atoms with E-state index in [0.717, 1.165) is 22.0 Å². The van der Waals surface area contributed by atoms with Crippen LogP contribution in [-0.4, -0.2) is 37.6 Å². The van der Waals surface area contributed by atoms with Gasteiger partial charge in [-0.15, -0.1) is 0 Å². The average Bonchev–Trinajstić information content (AvgIpc) is 3.24. The lowest BCUT2D eigenvalue weighted by atomic mass is 10.1. The van der Waals surface area contributed by atoms with Gasteiger partial charge in [-0.05, 0) is 49.4 Å². The van der Waals surface area contributed by atoms with Crippen LogP contribution in [0.15, 0.2) is 72.9 Å². The van der Waals surface area contributed by atoms with E-state index in [1.807, 2.05) is 49.4 Å². The lowest BCUT2D eigenvalue weighted by molar-refractivity contribution is 0.0964. The topological polar surface area (TPSA) is 66.8 Å². The number of para-hydroxylation sites is 1. The number of carbonyl (C=O) groups excluding carboxylic acids is 2. The van der Waals surface area contributed by atoms with E-state index in [0.29, 0.717) is 28.4 Å². The number of methoxy groups -OCH3 is 3. The van der Waals surface area contributed by atoms with Crippen LogP contribution >= 0.6 is 0 Å². The van der Waals surface area contributed by atoms with E-state index in [1.165, 1.54) is 27.4 Å². The summed E-state index contributed by atoms with van der Waals surface area (Å²) in [6, 6.07) is 18.3. The molecule has 0 amide bonds. The molecule has 4 aromatic rings. The second-order valence-corrected chi connectivity index (χ2v) is 7.76. The van der Waals surface area contributed by atoms with Crippen molar-refractivity contribution in [3.63, 3.8) is 0 Å². The first kappa shape index (κ1) is 22.9. The maximum absolute atomic E-state index is 13.2. The number of benzene rings is 3. The summed E-state index contributed by atoms with van der Waals surface area (Å²) in [5.41, 5.74) is 3.54. The minimum atomic E-state index is -0.235. The van der Waals surface area contributed by atoms with Gasteiger partial charge >= 0.3 is 0 Å². The highest BCUT2D eigenvalue weighted by Crippen LogP contribution is 2.38. The Bertz CT molecular complexity index is 1390. The number of nitrogens with zero attached hydrogens (tertiary/aromatic N) is 1. The molecule has 0 aliphatic heterocycles. The molecular weight excluding hydrogens is 430 g/mol. The van der Waals surface area contributed by atoms with Crippen molar-refractivity contribution in [3.8, 4) is 17.2 Å². The average molecular weight is 456 g/mol. The molecule has 1 aromatic heterocycles. The fourth-order valence-electron chi connectivity index (χ4n) is 3.91. The fourth-order valence-corrected chi connectivity index (χ4v) is 3.91. The first-order valence-corrected chi connectivity index (χ1v) is 10.7. The quantitative estimate of drug-likeness (QED) is 0.270. The number of ether oxygens (including phenoxy) is 3. The van der Waals surface area contributed by atoms with E-state index in [4.69, 9.17) is 14.2 Å². The minimum absolute atomic E-state index is 0.129. The molecule has 0 atom stereocenters. The molecule has 0 N–H and O–H groups in total. The number of hydrogen-bond acceptors (Lipinski definition) is 5. The van der Waals surface area contributed by atoms with Crippen LogP contribution in [0.4, 0.5) is 0 Å². The highest BCUT2D eigenvalue weighted by molar-refractivity contribution is 6.09. The highest BCUT2D eigenvalue weighted by atomic mass is 16.5. The summed E-state index contributed by atoms with van der Waals surface area (Å²) in [4.78, 5) is 26.2. The second kappa shape index (κ2) is 9.67. The van der Waals surface area contributed by atoms with E-state index in [9.17, 15) is 9.59 Å². The van der Waals surface area contributed by atoms with Gasteiger partial charge in [0.15, 0.2) is 17.3 Å². The number of rotatable bonds is 7. The summed E-state index contributed by atoms with van der Waals surface area (Å²) in [6.07, 6.45) is 4.95. The molecule has 0 aliphatic rings. The van der Waals surface area contributed by atoms with Gasteiger partial charge in [0, 0.05) is 28.3 Å². The Morgan fingerprint density at radius 3 is 2.18 bits per heavy atom. The molecule has 0 aliphatic carbocycles. The number of hydrogen-bond donors (Lipinski definition) is 0. The van der Waals surface area contributed by atoms with E-state index >= 15 is 0 Å². The third-order valence-corrected chi connectivity index (χ3v) is 5.59. The van der Waals surface area contributed by atoms with Gasteiger partial charge in [0.05, 0.1) is 26.8 Å². The Morgan fingerprint density at radius 2 is 1.53 bits per heavy atom. The molecule has 0 radical (unpaired) electrons. The van der Waals surface area contributed by atoms with Gasteiger partial charge in [-0.2, -0.15) is 0 Å². The van der Waals surface area contributed by atoms with Crippen molar-refractivity contribution in [1.29, 1.82) is 0 Å². The van der Waals surface area contributed by atoms with Gasteiger partial charge < -0.3 is 14.2 Å². The molecule has 172 valence electrons. The predicted octanol–water partition coefficient (Wildman–Crippen LogP) is 5.56. The van der Waals surface area contributed by atoms with Crippen molar-refractivity contribution in [1.82, 2.24) is 4.57 Å². The minimum Gasteiger partial charge on any atom is -0.493 e. The molecule has 0 saturated carbocycles. The van der Waals surface area contributed by atoms with Crippen molar-refractivity contribution < 1.29 is 23.8 Å². The Kier molecular flexibility index (Phi) is 6.50. The van der Waals surface area contributed by atoms with Crippen molar-refractivity contribution in [2.45, 2.75) is 6.92 Å². The molecule has 0 saturated heterocycles. The molecule has 34 heavy (non-hydrogen) atoms. The van der Waals surface area contributed by atoms with Crippen LogP contribution < -0.4 is 14.2 Å². The van der Waals surface area contributed by atoms with Gasteiger partial charge in [-0.25, -0.2) is 0 Å². The Labute approximate surface area is 198 Å². The summed E-state index contributed by atoms with van der Waals surface area (Å²) in [6.45, 7) is 1.95. The van der Waals surface area contributed by atoms with Crippen LogP contribution in [0.2, 0.25) is 0 Å². The van der Waals surface area contributed by atoms with Crippen LogP contribution in [-0.2, 0) is 0 Å². The fraction of sp³-hybridized carbons (Fsp3) is 0.143. The number of ketones is 1. The van der Waals surface area contributed by atoms with E-state index < -0.39 is 0 Å². The van der Waals surface area contributed by atoms with Crippen molar-refractivity contribution in [2.75, 3.05) is 21.3 Å². The maximum atomic E-state index is 13.2. The molecule has 3 aromatic carbocycles. The molecule has 0 unspecified atom stereocenters. The number of carbonyl (C=O) groups is 2. The number of fused-ring (bicyclic) bond motifs is 1. The molecule has 6 nitrogen and oxygen atoms in total. The van der Waals surface area contributed by atoms with Crippen molar-refractivity contribution >= 4 is 28.7 Å². The monoisotopic (exact) mass is 455 g/mol. The number of aryl methyl sites for hydroxylation is 1. The first-order chi connectivity index (χ1) is 16.5. The van der Waals surface area contributed by atoms with E-state index in [-0.39, 0.29) is 11.7 Å². The Morgan fingerprint density at radius 1 is 0.824 bits per heavy atom. The molecule has 0 fully saturated rings. The zero-order valence-electron chi connectivity index (χ0n) is 19.5. The third kappa shape index (κ3) is 4.30. The number of aromatic nitrogens is 1. The molecule has 0 bridgehead atoms. The van der Waals surface area contributed by atoms with Crippen molar-refractivity contribution in [2.24, 2.45) is 0 Å². The molecule has 1 heterocycles. The largest absolute Gasteiger partial charge is 0.493 e. The lowest BCUT2D eigenvalue weighted by Gasteiger charge is -2.13. The summed E-state index contributed by atoms with van der Waals surface area (Å²) in [5.74, 6) is 0.859. The molecule has 4 rings (SSSR count). The third-order valence-electron chi connectivity index (χ3n) is 5.59. The Hall–Kier alpha value is -4.32. The predicted molar refractivity (Wildman–Crippen MR) is 132 cm³/mol. The Balaban J connectivity index is 1.71. The SMILES string of the molecule is COc1cc(C(=O)C=Cc2cn(C(=O)c3cccc(C)c3)c3ccccc23)cc(OC)c1OC. The van der Waals surface area contributed by atoms with Crippen molar-refractivity contribution in [3.05, 3.63) is 95.2 Å². The van der Waals surface area contributed by atoms with Gasteiger partial charge in [0.2, 0.25) is 5.75 Å². The molecule has 0 spiro atoms. The van der Waals surface area contributed by atoms with E-state index in [2.05, 4.69) is 0 Å². The zero-order valence-corrected chi connectivity index (χ0v) is 19.5. The second-order valence-electron chi connectivity index (χ2n) is 7.76. The summed E-state index contributed by atoms with van der Waals surface area (Å²) < 4.78 is 17.6. The van der Waals surface area contributed by atoms with Crippen LogP contribution in [0.5, 0.6) is 17.2 Å². The number of allylic oxidation sites excluding steroid dienone is 1. The smallest absolute Gasteiger partial charge is 0.262 e. The first-order valence-electron chi connectivity index (χ1n) is 10.7. The van der Waals surface area contributed by atoms with Gasteiger partial charge in [-0.1, -0.05) is 35.9 Å². The summed E-state index contributed by atoms with van der Waals surface area (Å²) >= 11 is 0. The standard InChI is InChI=1S/C28H25NO5/c1-18-8-7-9-19(14-18)28(31)29-17-20(22-10-5-6-11-23(22)29)12-13-24(30)21-15-25(32-2)27(34-4)26(16-21)33-3/h5-17H,1-4H3. The lowest BCUT2D eigenvalue weighted by Crippen LogP contribution is -2.10. The van der Waals surface area contributed by atoms with Crippen LogP contribution in [0, 0.1) is 6.92 Å². The molecule has 6 heteroatoms. The molecular formula is C28H25NO5. The van der Waals surface area contributed by atoms with Crippen LogP contribution in [0.3, 0.4) is 0 Å². The normalized spacial score (nSPS) is 11.1. The zero-order chi connectivity index (χ0) is 24.2. The van der Waals surface area contributed by atoms with E-state index in [1.54, 1.807) is 35.0 Å². The highest BCUT2D eigenvalue weighted by Gasteiger charge is 2.17.